The van der Waals surface area contributed by atoms with Crippen molar-refractivity contribution in [3.63, 3.8) is 0 Å². The summed E-state index contributed by atoms with van der Waals surface area (Å²) in [6.07, 6.45) is 7.50. The topological polar surface area (TPSA) is 41.1 Å². The van der Waals surface area contributed by atoms with Gasteiger partial charge in [0.05, 0.1) is 18.1 Å². The maximum absolute atomic E-state index is 4.59. The van der Waals surface area contributed by atoms with Crippen LogP contribution in [-0.2, 0) is 6.54 Å². The average molecular weight is 290 g/mol. The Morgan fingerprint density at radius 3 is 2.43 bits per heavy atom. The van der Waals surface area contributed by atoms with Crippen LogP contribution in [0.3, 0.4) is 0 Å². The highest BCUT2D eigenvalue weighted by molar-refractivity contribution is 5.36. The number of hydrogen-bond acceptors (Lipinski definition) is 4. The molecule has 0 bridgehead atoms. The predicted octanol–water partition coefficient (Wildman–Crippen LogP) is 3.24. The van der Waals surface area contributed by atoms with E-state index < -0.39 is 0 Å². The molecule has 0 aromatic carbocycles. The van der Waals surface area contributed by atoms with E-state index in [1.807, 2.05) is 12.4 Å². The molecular weight excluding hydrogens is 260 g/mol. The van der Waals surface area contributed by atoms with E-state index in [0.29, 0.717) is 5.41 Å². The average Bonchev–Trinajstić information content (AvgIpc) is 2.48. The van der Waals surface area contributed by atoms with Crippen LogP contribution >= 0.6 is 0 Å². The van der Waals surface area contributed by atoms with Crippen LogP contribution in [0.4, 0.5) is 5.82 Å². The molecule has 1 aromatic rings. The van der Waals surface area contributed by atoms with Gasteiger partial charge in [0.25, 0.3) is 0 Å². The summed E-state index contributed by atoms with van der Waals surface area (Å²) >= 11 is 0. The molecule has 1 aromatic heterocycles. The van der Waals surface area contributed by atoms with Gasteiger partial charge in [-0.2, -0.15) is 0 Å². The molecule has 2 heterocycles. The second-order valence-electron chi connectivity index (χ2n) is 7.17. The molecule has 118 valence electrons. The van der Waals surface area contributed by atoms with E-state index >= 15 is 0 Å². The van der Waals surface area contributed by atoms with Crippen molar-refractivity contribution in [2.45, 2.75) is 53.5 Å². The molecule has 0 atom stereocenters. The SMILES string of the molecule is CCCNCc1cnc(N2CCC(C(C)(C)C)CC2)cn1. The number of piperidine rings is 1. The lowest BCUT2D eigenvalue weighted by Crippen LogP contribution is -2.38. The van der Waals surface area contributed by atoms with Crippen molar-refractivity contribution in [3.8, 4) is 0 Å². The molecule has 4 heteroatoms. The smallest absolute Gasteiger partial charge is 0.147 e. The minimum absolute atomic E-state index is 0.423. The zero-order valence-electron chi connectivity index (χ0n) is 14.0. The van der Waals surface area contributed by atoms with Gasteiger partial charge in [0, 0.05) is 19.6 Å². The summed E-state index contributed by atoms with van der Waals surface area (Å²) in [5.74, 6) is 1.85. The first kappa shape index (κ1) is 16.2. The molecule has 1 aliphatic rings. The molecule has 0 spiro atoms. The molecule has 21 heavy (non-hydrogen) atoms. The van der Waals surface area contributed by atoms with Crippen LogP contribution in [0.2, 0.25) is 0 Å². The normalized spacial score (nSPS) is 17.2. The highest BCUT2D eigenvalue weighted by Crippen LogP contribution is 2.35. The van der Waals surface area contributed by atoms with Gasteiger partial charge in [-0.1, -0.05) is 27.7 Å². The molecule has 1 N–H and O–H groups in total. The van der Waals surface area contributed by atoms with Crippen molar-refractivity contribution in [2.24, 2.45) is 11.3 Å². The summed E-state index contributed by atoms with van der Waals surface area (Å²) in [7, 11) is 0. The maximum Gasteiger partial charge on any atom is 0.147 e. The third kappa shape index (κ3) is 4.67. The third-order valence-electron chi connectivity index (χ3n) is 4.47. The van der Waals surface area contributed by atoms with Crippen LogP contribution in [0.5, 0.6) is 0 Å². The summed E-state index contributed by atoms with van der Waals surface area (Å²) in [6, 6.07) is 0. The van der Waals surface area contributed by atoms with Gasteiger partial charge in [-0.3, -0.25) is 4.98 Å². The minimum Gasteiger partial charge on any atom is -0.355 e. The van der Waals surface area contributed by atoms with Gasteiger partial charge in [0.15, 0.2) is 0 Å². The Kier molecular flexibility index (Phi) is 5.57. The third-order valence-corrected chi connectivity index (χ3v) is 4.47. The highest BCUT2D eigenvalue weighted by Gasteiger charge is 2.29. The molecule has 0 radical (unpaired) electrons. The van der Waals surface area contributed by atoms with Gasteiger partial charge >= 0.3 is 0 Å². The Morgan fingerprint density at radius 1 is 1.19 bits per heavy atom. The van der Waals surface area contributed by atoms with Gasteiger partial charge < -0.3 is 10.2 Å². The number of anilines is 1. The van der Waals surface area contributed by atoms with E-state index in [2.05, 4.69) is 47.9 Å². The fraction of sp³-hybridized carbons (Fsp3) is 0.765. The van der Waals surface area contributed by atoms with Gasteiger partial charge in [0.1, 0.15) is 5.82 Å². The summed E-state index contributed by atoms with van der Waals surface area (Å²) in [4.78, 5) is 11.5. The van der Waals surface area contributed by atoms with Gasteiger partial charge in [-0.25, -0.2) is 4.98 Å². The van der Waals surface area contributed by atoms with E-state index in [1.54, 1.807) is 0 Å². The first-order chi connectivity index (χ1) is 10.0. The van der Waals surface area contributed by atoms with E-state index in [1.165, 1.54) is 12.8 Å². The van der Waals surface area contributed by atoms with E-state index in [0.717, 1.165) is 50.0 Å². The quantitative estimate of drug-likeness (QED) is 0.845. The molecule has 0 aliphatic carbocycles. The molecule has 0 amide bonds. The standard InChI is InChI=1S/C17H30N4/c1-5-8-18-11-15-12-20-16(13-19-15)21-9-6-14(7-10-21)17(2,3)4/h12-14,18H,5-11H2,1-4H3. The van der Waals surface area contributed by atoms with Gasteiger partial charge in [-0.05, 0) is 37.1 Å². The molecule has 1 aliphatic heterocycles. The van der Waals surface area contributed by atoms with Crippen molar-refractivity contribution in [2.75, 3.05) is 24.5 Å². The Labute approximate surface area is 129 Å². The molecule has 1 fully saturated rings. The van der Waals surface area contributed by atoms with Crippen molar-refractivity contribution >= 4 is 5.82 Å². The predicted molar refractivity (Wildman–Crippen MR) is 88.4 cm³/mol. The lowest BCUT2D eigenvalue weighted by atomic mass is 9.75. The van der Waals surface area contributed by atoms with Crippen LogP contribution in [0.25, 0.3) is 0 Å². The first-order valence-corrected chi connectivity index (χ1v) is 8.27. The van der Waals surface area contributed by atoms with Crippen LogP contribution in [0.1, 0.15) is 52.7 Å². The highest BCUT2D eigenvalue weighted by atomic mass is 15.2. The van der Waals surface area contributed by atoms with Gasteiger partial charge in [-0.15, -0.1) is 0 Å². The lowest BCUT2D eigenvalue weighted by Gasteiger charge is -2.39. The number of aromatic nitrogens is 2. The molecule has 4 nitrogen and oxygen atoms in total. The monoisotopic (exact) mass is 290 g/mol. The fourth-order valence-corrected chi connectivity index (χ4v) is 2.97. The molecule has 1 saturated heterocycles. The van der Waals surface area contributed by atoms with E-state index in [4.69, 9.17) is 0 Å². The summed E-state index contributed by atoms with van der Waals surface area (Å²) in [5.41, 5.74) is 1.45. The molecule has 0 unspecified atom stereocenters. The van der Waals surface area contributed by atoms with Crippen LogP contribution < -0.4 is 10.2 Å². The first-order valence-electron chi connectivity index (χ1n) is 8.27. The van der Waals surface area contributed by atoms with E-state index in [9.17, 15) is 0 Å². The van der Waals surface area contributed by atoms with Crippen molar-refractivity contribution < 1.29 is 0 Å². The van der Waals surface area contributed by atoms with Crippen LogP contribution in [-0.4, -0.2) is 29.6 Å². The number of rotatable bonds is 5. The Bertz CT molecular complexity index is 413. The second kappa shape index (κ2) is 7.21. The second-order valence-corrected chi connectivity index (χ2v) is 7.17. The maximum atomic E-state index is 4.59. The fourth-order valence-electron chi connectivity index (χ4n) is 2.97. The summed E-state index contributed by atoms with van der Waals surface area (Å²) in [6.45, 7) is 13.3. The lowest BCUT2D eigenvalue weighted by molar-refractivity contribution is 0.198. The summed E-state index contributed by atoms with van der Waals surface area (Å²) in [5, 5.41) is 3.36. The zero-order valence-corrected chi connectivity index (χ0v) is 14.0. The Hall–Kier alpha value is -1.16. The molecule has 0 saturated carbocycles. The van der Waals surface area contributed by atoms with E-state index in [-0.39, 0.29) is 0 Å². The zero-order chi connectivity index (χ0) is 15.3. The largest absolute Gasteiger partial charge is 0.355 e. The van der Waals surface area contributed by atoms with Crippen molar-refractivity contribution in [3.05, 3.63) is 18.1 Å². The minimum atomic E-state index is 0.423. The van der Waals surface area contributed by atoms with Crippen molar-refractivity contribution in [1.29, 1.82) is 0 Å². The van der Waals surface area contributed by atoms with Crippen LogP contribution in [0, 0.1) is 11.3 Å². The molecular formula is C17H30N4. The number of hydrogen-bond donors (Lipinski definition) is 1. The number of nitrogens with zero attached hydrogens (tertiary/aromatic N) is 3. The summed E-state index contributed by atoms with van der Waals surface area (Å²) < 4.78 is 0. The Morgan fingerprint density at radius 2 is 1.90 bits per heavy atom. The molecule has 2 rings (SSSR count). The Balaban J connectivity index is 1.86. The van der Waals surface area contributed by atoms with Crippen molar-refractivity contribution in [1.82, 2.24) is 15.3 Å². The van der Waals surface area contributed by atoms with Gasteiger partial charge in [0.2, 0.25) is 0 Å². The number of nitrogens with one attached hydrogen (secondary N) is 1. The van der Waals surface area contributed by atoms with Crippen LogP contribution in [0.15, 0.2) is 12.4 Å².